The second-order valence-corrected chi connectivity index (χ2v) is 9.86. The summed E-state index contributed by atoms with van der Waals surface area (Å²) in [5.74, 6) is -0.216. The number of methoxy groups -OCH3 is 1. The van der Waals surface area contributed by atoms with Crippen LogP contribution in [0.2, 0.25) is 0 Å². The molecule has 26 heavy (non-hydrogen) atoms. The molecule has 0 spiro atoms. The van der Waals surface area contributed by atoms with Gasteiger partial charge in [-0.15, -0.1) is 0 Å². The van der Waals surface area contributed by atoms with E-state index in [0.29, 0.717) is 25.9 Å². The fraction of sp³-hybridized carbons (Fsp3) is 0.632. The Hall–Kier alpha value is -1.44. The number of hydrogen-bond acceptors (Lipinski definition) is 4. The Labute approximate surface area is 157 Å². The zero-order chi connectivity index (χ0) is 19.4. The second kappa shape index (κ2) is 8.50. The molecule has 1 aromatic carbocycles. The van der Waals surface area contributed by atoms with Crippen LogP contribution >= 0.6 is 0 Å². The Morgan fingerprint density at radius 2 is 1.85 bits per heavy atom. The molecule has 1 fully saturated rings. The largest absolute Gasteiger partial charge is 0.384 e. The van der Waals surface area contributed by atoms with Crippen molar-refractivity contribution in [1.82, 2.24) is 4.31 Å². The number of anilines is 1. The molecule has 1 amide bonds. The summed E-state index contributed by atoms with van der Waals surface area (Å²) in [5, 5.41) is 3.05. The summed E-state index contributed by atoms with van der Waals surface area (Å²) in [4.78, 5) is 12.7. The summed E-state index contributed by atoms with van der Waals surface area (Å²) in [5.41, 5.74) is 1.86. The molecule has 0 unspecified atom stereocenters. The smallest absolute Gasteiger partial charge is 0.227 e. The topological polar surface area (TPSA) is 75.7 Å². The maximum atomic E-state index is 12.7. The zero-order valence-electron chi connectivity index (χ0n) is 16.1. The Kier molecular flexibility index (Phi) is 6.82. The lowest BCUT2D eigenvalue weighted by atomic mass is 9.85. The molecule has 0 bridgehead atoms. The average Bonchev–Trinajstić information content (AvgIpc) is 2.59. The van der Waals surface area contributed by atoms with Crippen LogP contribution in [0.1, 0.15) is 39.2 Å². The van der Waals surface area contributed by atoms with Gasteiger partial charge in [-0.05, 0) is 29.9 Å². The number of ether oxygens (including phenoxy) is 1. The van der Waals surface area contributed by atoms with Crippen LogP contribution in [0.4, 0.5) is 5.69 Å². The average molecular weight is 383 g/mol. The van der Waals surface area contributed by atoms with Crippen molar-refractivity contribution in [3.05, 3.63) is 29.8 Å². The lowest BCUT2D eigenvalue weighted by Gasteiger charge is -2.31. The van der Waals surface area contributed by atoms with Crippen molar-refractivity contribution >= 4 is 21.6 Å². The summed E-state index contributed by atoms with van der Waals surface area (Å²) in [6.07, 6.45) is 1.07. The number of benzene rings is 1. The van der Waals surface area contributed by atoms with Crippen molar-refractivity contribution in [2.45, 2.75) is 39.0 Å². The molecule has 1 heterocycles. The third kappa shape index (κ3) is 5.28. The van der Waals surface area contributed by atoms with Gasteiger partial charge in [-0.1, -0.05) is 39.0 Å². The maximum absolute atomic E-state index is 12.7. The summed E-state index contributed by atoms with van der Waals surface area (Å²) in [7, 11) is -1.82. The first-order valence-corrected chi connectivity index (χ1v) is 10.6. The Bertz CT molecular complexity index is 717. The molecule has 0 aliphatic carbocycles. The zero-order valence-corrected chi connectivity index (χ0v) is 16.9. The number of carbonyl (C=O) groups is 1. The minimum Gasteiger partial charge on any atom is -0.384 e. The van der Waals surface area contributed by atoms with Gasteiger partial charge in [0.25, 0.3) is 0 Å². The minimum atomic E-state index is -3.30. The number of sulfonamides is 1. The summed E-state index contributed by atoms with van der Waals surface area (Å²) >= 11 is 0. The Morgan fingerprint density at radius 1 is 1.23 bits per heavy atom. The first-order valence-electron chi connectivity index (χ1n) is 9.02. The number of amides is 1. The first kappa shape index (κ1) is 20.9. The molecule has 7 heteroatoms. The van der Waals surface area contributed by atoms with Gasteiger partial charge < -0.3 is 10.1 Å². The molecule has 1 aliphatic heterocycles. The highest BCUT2D eigenvalue weighted by Gasteiger charge is 2.31. The van der Waals surface area contributed by atoms with Gasteiger partial charge in [-0.25, -0.2) is 12.7 Å². The molecule has 146 valence electrons. The quantitative estimate of drug-likeness (QED) is 0.821. The van der Waals surface area contributed by atoms with Crippen molar-refractivity contribution < 1.29 is 17.9 Å². The molecule has 0 radical (unpaired) electrons. The van der Waals surface area contributed by atoms with Crippen LogP contribution in [0.15, 0.2) is 24.3 Å². The van der Waals surface area contributed by atoms with E-state index < -0.39 is 10.0 Å². The normalized spacial score (nSPS) is 17.2. The van der Waals surface area contributed by atoms with Crippen LogP contribution in [0.5, 0.6) is 0 Å². The molecule has 0 atom stereocenters. The van der Waals surface area contributed by atoms with Gasteiger partial charge in [0.2, 0.25) is 15.9 Å². The van der Waals surface area contributed by atoms with E-state index in [0.717, 1.165) is 11.3 Å². The summed E-state index contributed by atoms with van der Waals surface area (Å²) in [6.45, 7) is 7.28. The molecule has 1 N–H and O–H groups in total. The second-order valence-electron chi connectivity index (χ2n) is 7.77. The summed E-state index contributed by atoms with van der Waals surface area (Å²) in [6, 6.07) is 7.83. The minimum absolute atomic E-state index is 0.0146. The first-order chi connectivity index (χ1) is 12.1. The predicted octanol–water partition coefficient (Wildman–Crippen LogP) is 2.61. The van der Waals surface area contributed by atoms with Gasteiger partial charge in [-0.2, -0.15) is 0 Å². The van der Waals surface area contributed by atoms with Crippen LogP contribution in [-0.2, 0) is 25.0 Å². The van der Waals surface area contributed by atoms with Crippen molar-refractivity contribution in [3.8, 4) is 0 Å². The predicted molar refractivity (Wildman–Crippen MR) is 104 cm³/mol. The Morgan fingerprint density at radius 3 is 2.42 bits per heavy atom. The number of hydrogen-bond donors (Lipinski definition) is 1. The van der Waals surface area contributed by atoms with E-state index in [1.165, 1.54) is 11.4 Å². The van der Waals surface area contributed by atoms with E-state index in [2.05, 4.69) is 26.1 Å². The van der Waals surface area contributed by atoms with Gasteiger partial charge in [0.1, 0.15) is 0 Å². The fourth-order valence-electron chi connectivity index (χ4n) is 3.19. The van der Waals surface area contributed by atoms with Crippen LogP contribution in [0.25, 0.3) is 0 Å². The molecular weight excluding hydrogens is 352 g/mol. The molecule has 1 aromatic rings. The number of para-hydroxylation sites is 1. The van der Waals surface area contributed by atoms with Gasteiger partial charge in [0.15, 0.2) is 0 Å². The van der Waals surface area contributed by atoms with Crippen molar-refractivity contribution in [2.75, 3.05) is 37.9 Å². The van der Waals surface area contributed by atoms with Gasteiger partial charge in [0, 0.05) is 31.8 Å². The molecule has 1 saturated heterocycles. The molecule has 2 rings (SSSR count). The molecular formula is C19H30N2O4S. The number of nitrogens with one attached hydrogen (secondary N) is 1. The molecule has 0 aromatic heterocycles. The highest BCUT2D eigenvalue weighted by molar-refractivity contribution is 7.89. The third-order valence-electron chi connectivity index (χ3n) is 4.76. The van der Waals surface area contributed by atoms with E-state index in [9.17, 15) is 13.2 Å². The fourth-order valence-corrected chi connectivity index (χ4v) is 4.60. The standard InChI is InChI=1S/C19H30N2O4S/c1-19(2,3)16-7-5-6-8-17(16)20-18(22)15-9-11-21(12-10-15)26(23,24)14-13-25-4/h5-8,15H,9-14H2,1-4H3,(H,20,22). The molecule has 6 nitrogen and oxygen atoms in total. The Balaban J connectivity index is 1.98. The van der Waals surface area contributed by atoms with Crippen molar-refractivity contribution in [3.63, 3.8) is 0 Å². The van der Waals surface area contributed by atoms with Crippen LogP contribution in [0, 0.1) is 5.92 Å². The van der Waals surface area contributed by atoms with Crippen LogP contribution in [-0.4, -0.2) is 51.2 Å². The number of piperidine rings is 1. The van der Waals surface area contributed by atoms with Crippen molar-refractivity contribution in [1.29, 1.82) is 0 Å². The highest BCUT2D eigenvalue weighted by Crippen LogP contribution is 2.30. The lowest BCUT2D eigenvalue weighted by Crippen LogP contribution is -2.43. The van der Waals surface area contributed by atoms with E-state index in [1.807, 2.05) is 24.3 Å². The molecule has 1 aliphatic rings. The SMILES string of the molecule is COCCS(=O)(=O)N1CCC(C(=O)Nc2ccccc2C(C)(C)C)CC1. The van der Waals surface area contributed by atoms with Gasteiger partial charge >= 0.3 is 0 Å². The van der Waals surface area contributed by atoms with Gasteiger partial charge in [-0.3, -0.25) is 4.79 Å². The van der Waals surface area contributed by atoms with Crippen LogP contribution < -0.4 is 5.32 Å². The van der Waals surface area contributed by atoms with E-state index in [-0.39, 0.29) is 29.6 Å². The molecule has 0 saturated carbocycles. The van der Waals surface area contributed by atoms with Crippen LogP contribution in [0.3, 0.4) is 0 Å². The van der Waals surface area contributed by atoms with E-state index in [1.54, 1.807) is 0 Å². The third-order valence-corrected chi connectivity index (χ3v) is 6.59. The van der Waals surface area contributed by atoms with E-state index >= 15 is 0 Å². The number of carbonyl (C=O) groups excluding carboxylic acids is 1. The number of rotatable bonds is 6. The van der Waals surface area contributed by atoms with E-state index in [4.69, 9.17) is 4.74 Å². The monoisotopic (exact) mass is 382 g/mol. The van der Waals surface area contributed by atoms with Gasteiger partial charge in [0.05, 0.1) is 12.4 Å². The maximum Gasteiger partial charge on any atom is 0.227 e. The number of nitrogens with zero attached hydrogens (tertiary/aromatic N) is 1. The van der Waals surface area contributed by atoms with Crippen molar-refractivity contribution in [2.24, 2.45) is 5.92 Å². The highest BCUT2D eigenvalue weighted by atomic mass is 32.2. The summed E-state index contributed by atoms with van der Waals surface area (Å²) < 4.78 is 30.8. The lowest BCUT2D eigenvalue weighted by molar-refractivity contribution is -0.120.